The van der Waals surface area contributed by atoms with Crippen LogP contribution in [0.5, 0.6) is 0 Å². The van der Waals surface area contributed by atoms with E-state index in [9.17, 15) is 19.5 Å². The van der Waals surface area contributed by atoms with Crippen LogP contribution in [0.3, 0.4) is 0 Å². The summed E-state index contributed by atoms with van der Waals surface area (Å²) in [5, 5.41) is 13.6. The van der Waals surface area contributed by atoms with Crippen molar-refractivity contribution in [1.29, 1.82) is 0 Å². The van der Waals surface area contributed by atoms with Gasteiger partial charge in [-0.3, -0.25) is 9.36 Å². The Kier molecular flexibility index (Phi) is 6.83. The minimum Gasteiger partial charge on any atom is -0.478 e. The predicted molar refractivity (Wildman–Crippen MR) is 117 cm³/mol. The fourth-order valence-electron chi connectivity index (χ4n) is 3.34. The fraction of sp³-hybridized carbons (Fsp3) is 0.250. The largest absolute Gasteiger partial charge is 0.478 e. The van der Waals surface area contributed by atoms with E-state index in [-0.39, 0.29) is 24.4 Å². The van der Waals surface area contributed by atoms with Gasteiger partial charge in [-0.1, -0.05) is 49.4 Å². The first-order valence-electron chi connectivity index (χ1n) is 10.0. The molecule has 7 heteroatoms. The van der Waals surface area contributed by atoms with Gasteiger partial charge in [-0.25, -0.2) is 9.59 Å². The predicted octanol–water partition coefficient (Wildman–Crippen LogP) is 3.46. The molecular formula is C24H23N3O4. The van der Waals surface area contributed by atoms with Gasteiger partial charge in [0.1, 0.15) is 5.82 Å². The van der Waals surface area contributed by atoms with Gasteiger partial charge in [-0.05, 0) is 29.2 Å². The Morgan fingerprint density at radius 3 is 2.48 bits per heavy atom. The van der Waals surface area contributed by atoms with Gasteiger partial charge in [0.05, 0.1) is 12.1 Å². The van der Waals surface area contributed by atoms with Crippen molar-refractivity contribution >= 4 is 11.9 Å². The molecule has 0 aliphatic heterocycles. The maximum Gasteiger partial charge on any atom is 0.353 e. The number of carboxylic acid groups (broad SMARTS) is 1. The van der Waals surface area contributed by atoms with Crippen molar-refractivity contribution < 1.29 is 14.7 Å². The molecule has 1 N–H and O–H groups in total. The summed E-state index contributed by atoms with van der Waals surface area (Å²) >= 11 is 0. The highest BCUT2D eigenvalue weighted by Crippen LogP contribution is 2.24. The molecule has 31 heavy (non-hydrogen) atoms. The average Bonchev–Trinajstić information content (AvgIpc) is 3.08. The van der Waals surface area contributed by atoms with Crippen molar-refractivity contribution in [2.75, 3.05) is 0 Å². The number of aromatic carboxylic acids is 1. The summed E-state index contributed by atoms with van der Waals surface area (Å²) in [5.41, 5.74) is 1.94. The minimum atomic E-state index is -0.992. The Labute approximate surface area is 180 Å². The zero-order chi connectivity index (χ0) is 22.4. The van der Waals surface area contributed by atoms with E-state index in [1.807, 2.05) is 31.2 Å². The number of rotatable bonds is 8. The standard InChI is InChI=1S/C24H23N3O4/c1-3-5-11-21-25-27(22(28)8-4-2)24(31)26(21)16-17-12-14-18(15-13-17)19-9-6-7-10-20(19)23(29)30/h1,6-7,9-10,12-15H,4-5,8,11,16H2,2H3,(H,29,30). The van der Waals surface area contributed by atoms with Crippen LogP contribution >= 0.6 is 0 Å². The summed E-state index contributed by atoms with van der Waals surface area (Å²) in [5.74, 6) is 1.67. The monoisotopic (exact) mass is 417 g/mol. The second kappa shape index (κ2) is 9.72. The van der Waals surface area contributed by atoms with Gasteiger partial charge in [0.25, 0.3) is 5.91 Å². The summed E-state index contributed by atoms with van der Waals surface area (Å²) in [6, 6.07) is 14.1. The quantitative estimate of drug-likeness (QED) is 0.567. The number of aromatic nitrogens is 3. The molecule has 0 atom stereocenters. The minimum absolute atomic E-state index is 0.221. The van der Waals surface area contributed by atoms with Gasteiger partial charge >= 0.3 is 11.7 Å². The summed E-state index contributed by atoms with van der Waals surface area (Å²) < 4.78 is 2.39. The third-order valence-electron chi connectivity index (χ3n) is 4.90. The Balaban J connectivity index is 1.92. The lowest BCUT2D eigenvalue weighted by atomic mass is 9.99. The van der Waals surface area contributed by atoms with Crippen molar-refractivity contribution in [3.05, 3.63) is 76.0 Å². The fourth-order valence-corrected chi connectivity index (χ4v) is 3.34. The van der Waals surface area contributed by atoms with Crippen LogP contribution in [0.25, 0.3) is 11.1 Å². The molecule has 0 spiro atoms. The molecule has 1 heterocycles. The Hall–Kier alpha value is -3.92. The maximum absolute atomic E-state index is 12.8. The number of nitrogens with zero attached hydrogens (tertiary/aromatic N) is 3. The van der Waals surface area contributed by atoms with Crippen LogP contribution in [0.15, 0.2) is 53.3 Å². The average molecular weight is 417 g/mol. The molecule has 0 fully saturated rings. The summed E-state index contributed by atoms with van der Waals surface area (Å²) in [6.07, 6.45) is 7.01. The third kappa shape index (κ3) is 4.81. The lowest BCUT2D eigenvalue weighted by molar-refractivity contribution is 0.0697. The molecule has 0 amide bonds. The first-order valence-corrected chi connectivity index (χ1v) is 10.0. The molecule has 0 unspecified atom stereocenters. The van der Waals surface area contributed by atoms with E-state index in [0.717, 1.165) is 15.8 Å². The highest BCUT2D eigenvalue weighted by atomic mass is 16.4. The Morgan fingerprint density at radius 2 is 1.84 bits per heavy atom. The van der Waals surface area contributed by atoms with Gasteiger partial charge in [-0.2, -0.15) is 0 Å². The second-order valence-corrected chi connectivity index (χ2v) is 7.09. The molecule has 158 valence electrons. The topological polar surface area (TPSA) is 94.2 Å². The van der Waals surface area contributed by atoms with E-state index in [2.05, 4.69) is 11.0 Å². The van der Waals surface area contributed by atoms with Gasteiger partial charge in [0, 0.05) is 19.3 Å². The Morgan fingerprint density at radius 1 is 1.13 bits per heavy atom. The number of hydrogen-bond acceptors (Lipinski definition) is 4. The third-order valence-corrected chi connectivity index (χ3v) is 4.90. The summed E-state index contributed by atoms with van der Waals surface area (Å²) in [4.78, 5) is 36.5. The Bertz CT molecular complexity index is 1200. The highest BCUT2D eigenvalue weighted by molar-refractivity contribution is 5.96. The molecule has 0 saturated heterocycles. The van der Waals surface area contributed by atoms with Crippen molar-refractivity contribution in [3.63, 3.8) is 0 Å². The number of terminal acetylenes is 1. The van der Waals surface area contributed by atoms with Crippen LogP contribution in [-0.2, 0) is 13.0 Å². The lowest BCUT2D eigenvalue weighted by Gasteiger charge is -2.09. The van der Waals surface area contributed by atoms with E-state index in [4.69, 9.17) is 6.42 Å². The van der Waals surface area contributed by atoms with Gasteiger partial charge < -0.3 is 5.11 Å². The molecule has 0 saturated carbocycles. The zero-order valence-electron chi connectivity index (χ0n) is 17.2. The van der Waals surface area contributed by atoms with Crippen LogP contribution in [-0.4, -0.2) is 31.3 Å². The van der Waals surface area contributed by atoms with Crippen LogP contribution in [0, 0.1) is 12.3 Å². The summed E-state index contributed by atoms with van der Waals surface area (Å²) in [7, 11) is 0. The highest BCUT2D eigenvalue weighted by Gasteiger charge is 2.18. The molecule has 3 aromatic rings. The number of carboxylic acids is 1. The normalized spacial score (nSPS) is 10.6. The second-order valence-electron chi connectivity index (χ2n) is 7.09. The van der Waals surface area contributed by atoms with Gasteiger partial charge in [0.2, 0.25) is 0 Å². The molecular weight excluding hydrogens is 394 g/mol. The van der Waals surface area contributed by atoms with Crippen molar-refractivity contribution in [3.8, 4) is 23.5 Å². The van der Waals surface area contributed by atoms with Crippen molar-refractivity contribution in [2.45, 2.75) is 39.2 Å². The number of hydrogen-bond donors (Lipinski definition) is 1. The van der Waals surface area contributed by atoms with E-state index in [0.29, 0.717) is 30.7 Å². The lowest BCUT2D eigenvalue weighted by Crippen LogP contribution is -2.30. The molecule has 2 aromatic carbocycles. The van der Waals surface area contributed by atoms with Crippen LogP contribution in [0.1, 0.15) is 52.7 Å². The molecule has 1 aromatic heterocycles. The molecule has 0 aliphatic rings. The maximum atomic E-state index is 12.8. The van der Waals surface area contributed by atoms with E-state index >= 15 is 0 Å². The molecule has 3 rings (SSSR count). The van der Waals surface area contributed by atoms with Crippen LogP contribution in [0.2, 0.25) is 0 Å². The number of benzene rings is 2. The SMILES string of the molecule is C#CCCc1nn(C(=O)CCC)c(=O)n1Cc1ccc(-c2ccccc2C(=O)O)cc1. The molecule has 0 radical (unpaired) electrons. The molecule has 0 aliphatic carbocycles. The van der Waals surface area contributed by atoms with Crippen LogP contribution < -0.4 is 5.69 Å². The molecule has 0 bridgehead atoms. The van der Waals surface area contributed by atoms with E-state index < -0.39 is 11.7 Å². The molecule has 7 nitrogen and oxygen atoms in total. The van der Waals surface area contributed by atoms with Gasteiger partial charge in [0.15, 0.2) is 0 Å². The first kappa shape index (κ1) is 21.8. The van der Waals surface area contributed by atoms with Crippen molar-refractivity contribution in [2.24, 2.45) is 0 Å². The van der Waals surface area contributed by atoms with Crippen molar-refractivity contribution in [1.82, 2.24) is 14.3 Å². The van der Waals surface area contributed by atoms with Gasteiger partial charge in [-0.15, -0.1) is 22.1 Å². The van der Waals surface area contributed by atoms with E-state index in [1.54, 1.807) is 24.3 Å². The van der Waals surface area contributed by atoms with Crippen LogP contribution in [0.4, 0.5) is 0 Å². The number of carbonyl (C=O) groups excluding carboxylic acids is 1. The van der Waals surface area contributed by atoms with E-state index in [1.165, 1.54) is 4.57 Å². The number of aryl methyl sites for hydroxylation is 1. The first-order chi connectivity index (χ1) is 15.0. The number of carbonyl (C=O) groups is 2. The summed E-state index contributed by atoms with van der Waals surface area (Å²) in [6.45, 7) is 2.10. The smallest absolute Gasteiger partial charge is 0.353 e. The zero-order valence-corrected chi connectivity index (χ0v) is 17.2.